The van der Waals surface area contributed by atoms with Crippen molar-refractivity contribution < 1.29 is 9.47 Å². The van der Waals surface area contributed by atoms with E-state index < -0.39 is 0 Å². The minimum absolute atomic E-state index is 0.319. The smallest absolute Gasteiger partial charge is 0.0970 e. The molecule has 4 heteroatoms. The maximum Gasteiger partial charge on any atom is 0.0970 e. The van der Waals surface area contributed by atoms with E-state index in [9.17, 15) is 0 Å². The van der Waals surface area contributed by atoms with Crippen molar-refractivity contribution in [3.8, 4) is 0 Å². The molecule has 12 heavy (non-hydrogen) atoms. The third-order valence-electron chi connectivity index (χ3n) is 2.32. The Hall–Kier alpha value is 0.620. The Bertz CT molecular complexity index is 139. The van der Waals surface area contributed by atoms with E-state index >= 15 is 0 Å². The first-order chi connectivity index (χ1) is 5.86. The van der Waals surface area contributed by atoms with Crippen molar-refractivity contribution in [1.29, 1.82) is 0 Å². The van der Waals surface area contributed by atoms with E-state index in [-0.39, 0.29) is 0 Å². The molecule has 0 amide bonds. The second-order valence-corrected chi connectivity index (χ2v) is 5.69. The van der Waals surface area contributed by atoms with Gasteiger partial charge in [-0.15, -0.1) is 0 Å². The third kappa shape index (κ3) is 1.92. The molecule has 2 nitrogen and oxygen atoms in total. The number of ether oxygens (including phenoxy) is 2. The summed E-state index contributed by atoms with van der Waals surface area (Å²) in [6, 6.07) is 0. The van der Waals surface area contributed by atoms with Crippen LogP contribution in [0, 0.1) is 0 Å². The molecule has 0 aromatic carbocycles. The highest BCUT2D eigenvalue weighted by molar-refractivity contribution is 8.07. The fraction of sp³-hybridized carbons (Fsp3) is 1.00. The minimum atomic E-state index is 0.319. The van der Waals surface area contributed by atoms with Crippen LogP contribution in [0.2, 0.25) is 0 Å². The average molecular weight is 206 g/mol. The van der Waals surface area contributed by atoms with Crippen LogP contribution in [0.5, 0.6) is 0 Å². The summed E-state index contributed by atoms with van der Waals surface area (Å²) in [6.45, 7) is 0. The summed E-state index contributed by atoms with van der Waals surface area (Å²) in [5, 5.41) is 1.39. The van der Waals surface area contributed by atoms with Crippen molar-refractivity contribution in [2.24, 2.45) is 0 Å². The second-order valence-electron chi connectivity index (χ2n) is 3.14. The Kier molecular flexibility index (Phi) is 2.89. The summed E-state index contributed by atoms with van der Waals surface area (Å²) in [6.07, 6.45) is 0.639. The zero-order chi connectivity index (χ0) is 8.55. The van der Waals surface area contributed by atoms with Gasteiger partial charge in [-0.25, -0.2) is 0 Å². The first-order valence-electron chi connectivity index (χ1n) is 4.15. The lowest BCUT2D eigenvalue weighted by Gasteiger charge is -2.22. The van der Waals surface area contributed by atoms with Crippen molar-refractivity contribution in [2.75, 3.05) is 25.7 Å². The lowest BCUT2D eigenvalue weighted by Crippen LogP contribution is -2.37. The zero-order valence-electron chi connectivity index (χ0n) is 7.36. The van der Waals surface area contributed by atoms with E-state index in [0.717, 1.165) is 0 Å². The molecule has 0 N–H and O–H groups in total. The molecule has 70 valence electrons. The maximum atomic E-state index is 5.47. The second kappa shape index (κ2) is 3.78. The molecule has 2 heterocycles. The molecule has 2 saturated heterocycles. The van der Waals surface area contributed by atoms with Crippen molar-refractivity contribution in [3.63, 3.8) is 0 Å². The van der Waals surface area contributed by atoms with Gasteiger partial charge in [0.1, 0.15) is 0 Å². The molecule has 0 aromatic rings. The quantitative estimate of drug-likeness (QED) is 0.630. The number of hydrogen-bond acceptors (Lipinski definition) is 4. The molecule has 2 aliphatic heterocycles. The largest absolute Gasteiger partial charge is 0.378 e. The molecule has 0 unspecified atom stereocenters. The monoisotopic (exact) mass is 206 g/mol. The van der Waals surface area contributed by atoms with E-state index in [1.54, 1.807) is 14.2 Å². The highest BCUT2D eigenvalue weighted by Gasteiger charge is 2.45. The highest BCUT2D eigenvalue weighted by atomic mass is 32.2. The van der Waals surface area contributed by atoms with Crippen LogP contribution in [0.3, 0.4) is 0 Å². The average Bonchev–Trinajstić information content (AvgIpc) is 2.85. The third-order valence-corrected chi connectivity index (χ3v) is 4.29. The molecular weight excluding hydrogens is 192 g/mol. The number of hydrogen-bond donors (Lipinski definition) is 0. The summed E-state index contributed by atoms with van der Waals surface area (Å²) in [4.78, 5) is 0. The van der Waals surface area contributed by atoms with Crippen molar-refractivity contribution in [3.05, 3.63) is 0 Å². The summed E-state index contributed by atoms with van der Waals surface area (Å²) < 4.78 is 10.9. The lowest BCUT2D eigenvalue weighted by atomic mass is 10.1. The Morgan fingerprint density at radius 3 is 1.50 bits per heavy atom. The molecule has 0 radical (unpaired) electrons. The van der Waals surface area contributed by atoms with Gasteiger partial charge >= 0.3 is 0 Å². The SMILES string of the molecule is CO[C@@H]([C@H](OC)[C@H]1CS1)[C@H]1CS1. The predicted molar refractivity (Wildman–Crippen MR) is 54.1 cm³/mol. The van der Waals surface area contributed by atoms with Crippen molar-refractivity contribution in [1.82, 2.24) is 0 Å². The van der Waals surface area contributed by atoms with Gasteiger partial charge < -0.3 is 9.47 Å². The van der Waals surface area contributed by atoms with Gasteiger partial charge in [-0.1, -0.05) is 0 Å². The summed E-state index contributed by atoms with van der Waals surface area (Å²) in [5.41, 5.74) is 0. The summed E-state index contributed by atoms with van der Waals surface area (Å²) in [5.74, 6) is 2.49. The van der Waals surface area contributed by atoms with Gasteiger partial charge in [0.05, 0.1) is 12.2 Å². The summed E-state index contributed by atoms with van der Waals surface area (Å²) >= 11 is 3.95. The van der Waals surface area contributed by atoms with Crippen LogP contribution in [-0.2, 0) is 9.47 Å². The molecule has 0 aliphatic carbocycles. The van der Waals surface area contributed by atoms with Gasteiger partial charge in [-0.3, -0.25) is 0 Å². The van der Waals surface area contributed by atoms with E-state index in [2.05, 4.69) is 0 Å². The lowest BCUT2D eigenvalue weighted by molar-refractivity contribution is -0.0256. The maximum absolute atomic E-state index is 5.47. The van der Waals surface area contributed by atoms with Crippen LogP contribution in [0.25, 0.3) is 0 Å². The number of rotatable bonds is 5. The zero-order valence-corrected chi connectivity index (χ0v) is 8.99. The minimum Gasteiger partial charge on any atom is -0.378 e. The highest BCUT2D eigenvalue weighted by Crippen LogP contribution is 2.43. The van der Waals surface area contributed by atoms with Gasteiger partial charge in [0.2, 0.25) is 0 Å². The van der Waals surface area contributed by atoms with Gasteiger partial charge in [0.15, 0.2) is 0 Å². The molecular formula is C8H14O2S2. The van der Waals surface area contributed by atoms with E-state index in [0.29, 0.717) is 22.7 Å². The van der Waals surface area contributed by atoms with Crippen molar-refractivity contribution >= 4 is 23.5 Å². The molecule has 0 spiro atoms. The number of methoxy groups -OCH3 is 2. The summed E-state index contributed by atoms with van der Waals surface area (Å²) in [7, 11) is 3.59. The number of thioether (sulfide) groups is 2. The van der Waals surface area contributed by atoms with Crippen LogP contribution < -0.4 is 0 Å². The Balaban J connectivity index is 1.91. The van der Waals surface area contributed by atoms with Gasteiger partial charge in [-0.2, -0.15) is 23.5 Å². The normalized spacial score (nSPS) is 37.5. The van der Waals surface area contributed by atoms with Crippen LogP contribution in [-0.4, -0.2) is 48.4 Å². The molecule has 0 aromatic heterocycles. The first-order valence-corrected chi connectivity index (χ1v) is 6.25. The predicted octanol–water partition coefficient (Wildman–Crippen LogP) is 1.25. The van der Waals surface area contributed by atoms with Crippen molar-refractivity contribution in [2.45, 2.75) is 22.7 Å². The van der Waals surface area contributed by atoms with E-state index in [1.807, 2.05) is 23.5 Å². The Morgan fingerprint density at radius 2 is 1.33 bits per heavy atom. The van der Waals surface area contributed by atoms with Crippen LogP contribution >= 0.6 is 23.5 Å². The molecule has 0 saturated carbocycles. The Morgan fingerprint density at radius 1 is 1.00 bits per heavy atom. The molecule has 0 bridgehead atoms. The van der Waals surface area contributed by atoms with Crippen LogP contribution in [0.1, 0.15) is 0 Å². The molecule has 4 atom stereocenters. The fourth-order valence-electron chi connectivity index (χ4n) is 1.49. The molecule has 2 aliphatic rings. The molecule has 2 rings (SSSR count). The standard InChI is InChI=1S/C8H14O2S2/c1-9-7(5-3-11-5)8(10-2)6-4-12-6/h5-8H,3-4H2,1-2H3/t5-,6-,7-,8-/m1/s1. The first kappa shape index (κ1) is 9.19. The van der Waals surface area contributed by atoms with Crippen LogP contribution in [0.15, 0.2) is 0 Å². The van der Waals surface area contributed by atoms with E-state index in [1.165, 1.54) is 11.5 Å². The Labute approximate surface area is 81.8 Å². The van der Waals surface area contributed by atoms with Gasteiger partial charge in [0, 0.05) is 36.2 Å². The van der Waals surface area contributed by atoms with E-state index in [4.69, 9.17) is 9.47 Å². The fourth-order valence-corrected chi connectivity index (χ4v) is 3.00. The van der Waals surface area contributed by atoms with Crippen LogP contribution in [0.4, 0.5) is 0 Å². The topological polar surface area (TPSA) is 18.5 Å². The van der Waals surface area contributed by atoms with Gasteiger partial charge in [-0.05, 0) is 0 Å². The molecule has 2 fully saturated rings. The van der Waals surface area contributed by atoms with Gasteiger partial charge in [0.25, 0.3) is 0 Å².